The Hall–Kier alpha value is -1.81. The van der Waals surface area contributed by atoms with Gasteiger partial charge in [-0.2, -0.15) is 0 Å². The molecule has 0 aliphatic rings. The fourth-order valence-electron chi connectivity index (χ4n) is 1.57. The van der Waals surface area contributed by atoms with Crippen molar-refractivity contribution in [3.05, 3.63) is 54.4 Å². The minimum absolute atomic E-state index is 0.156. The largest absolute Gasteiger partial charge is 0.311 e. The molecule has 2 rings (SSSR count). The molecular formula is C12H14N4. The Morgan fingerprint density at radius 3 is 2.75 bits per heavy atom. The first-order valence-electron chi connectivity index (χ1n) is 5.23. The highest BCUT2D eigenvalue weighted by Gasteiger charge is 2.11. The highest BCUT2D eigenvalue weighted by molar-refractivity contribution is 5.10. The maximum absolute atomic E-state index is 4.30. The van der Waals surface area contributed by atoms with Gasteiger partial charge in [0.05, 0.1) is 11.7 Å². The summed E-state index contributed by atoms with van der Waals surface area (Å²) in [7, 11) is 1.92. The van der Waals surface area contributed by atoms with Crippen molar-refractivity contribution in [1.82, 2.24) is 20.3 Å². The van der Waals surface area contributed by atoms with Crippen LogP contribution >= 0.6 is 0 Å². The van der Waals surface area contributed by atoms with E-state index in [1.54, 1.807) is 24.8 Å². The normalized spacial score (nSPS) is 12.3. The molecule has 0 saturated carbocycles. The topological polar surface area (TPSA) is 50.7 Å². The predicted molar refractivity (Wildman–Crippen MR) is 61.8 cm³/mol. The Labute approximate surface area is 94.8 Å². The van der Waals surface area contributed by atoms with Crippen LogP contribution < -0.4 is 5.32 Å². The molecule has 1 atom stereocenters. The molecule has 4 nitrogen and oxygen atoms in total. The third kappa shape index (κ3) is 2.61. The summed E-state index contributed by atoms with van der Waals surface area (Å²) in [5, 5.41) is 3.22. The molecule has 0 saturated heterocycles. The minimum Gasteiger partial charge on any atom is -0.311 e. The molecule has 0 aliphatic heterocycles. The molecule has 16 heavy (non-hydrogen) atoms. The second-order valence-corrected chi connectivity index (χ2v) is 3.50. The minimum atomic E-state index is 0.156. The van der Waals surface area contributed by atoms with E-state index in [2.05, 4.69) is 20.3 Å². The van der Waals surface area contributed by atoms with Gasteiger partial charge in [-0.05, 0) is 19.2 Å². The Bertz CT molecular complexity index is 416. The van der Waals surface area contributed by atoms with Crippen LogP contribution in [0.2, 0.25) is 0 Å². The molecule has 0 amide bonds. The first-order chi connectivity index (χ1) is 7.90. The quantitative estimate of drug-likeness (QED) is 0.835. The standard InChI is InChI=1S/C12H14N4/c1-13-11(12-9-14-6-7-16-12)8-10-4-2-3-5-15-10/h2-7,9,11,13H,8H2,1H3. The van der Waals surface area contributed by atoms with Crippen molar-refractivity contribution in [2.75, 3.05) is 7.05 Å². The number of nitrogens with one attached hydrogen (secondary N) is 1. The fraction of sp³-hybridized carbons (Fsp3) is 0.250. The Morgan fingerprint density at radius 1 is 1.19 bits per heavy atom. The lowest BCUT2D eigenvalue weighted by molar-refractivity contribution is 0.566. The second kappa shape index (κ2) is 5.32. The molecule has 1 N–H and O–H groups in total. The van der Waals surface area contributed by atoms with Crippen molar-refractivity contribution >= 4 is 0 Å². The van der Waals surface area contributed by atoms with Crippen LogP contribution in [-0.2, 0) is 6.42 Å². The van der Waals surface area contributed by atoms with Crippen LogP contribution in [0.4, 0.5) is 0 Å². The molecule has 0 radical (unpaired) electrons. The van der Waals surface area contributed by atoms with E-state index in [0.717, 1.165) is 17.8 Å². The summed E-state index contributed by atoms with van der Waals surface area (Å²) in [6.45, 7) is 0. The summed E-state index contributed by atoms with van der Waals surface area (Å²) in [5.74, 6) is 0. The van der Waals surface area contributed by atoms with Gasteiger partial charge in [0.1, 0.15) is 0 Å². The van der Waals surface area contributed by atoms with Gasteiger partial charge in [-0.3, -0.25) is 15.0 Å². The van der Waals surface area contributed by atoms with E-state index in [1.807, 2.05) is 25.2 Å². The van der Waals surface area contributed by atoms with Crippen molar-refractivity contribution in [2.24, 2.45) is 0 Å². The Kier molecular flexibility index (Phi) is 3.56. The van der Waals surface area contributed by atoms with Crippen LogP contribution in [0.1, 0.15) is 17.4 Å². The van der Waals surface area contributed by atoms with Crippen LogP contribution in [0.3, 0.4) is 0 Å². The number of aromatic nitrogens is 3. The van der Waals surface area contributed by atoms with Crippen LogP contribution in [0.15, 0.2) is 43.0 Å². The van der Waals surface area contributed by atoms with Crippen molar-refractivity contribution in [2.45, 2.75) is 12.5 Å². The Morgan fingerprint density at radius 2 is 2.12 bits per heavy atom. The molecule has 2 aromatic rings. The van der Waals surface area contributed by atoms with Crippen LogP contribution in [0.25, 0.3) is 0 Å². The number of rotatable bonds is 4. The number of hydrogen-bond acceptors (Lipinski definition) is 4. The van der Waals surface area contributed by atoms with Gasteiger partial charge >= 0.3 is 0 Å². The third-order valence-corrected chi connectivity index (χ3v) is 2.43. The van der Waals surface area contributed by atoms with Crippen LogP contribution in [0.5, 0.6) is 0 Å². The van der Waals surface area contributed by atoms with Crippen molar-refractivity contribution in [3.63, 3.8) is 0 Å². The third-order valence-electron chi connectivity index (χ3n) is 2.43. The van der Waals surface area contributed by atoms with E-state index in [4.69, 9.17) is 0 Å². The smallest absolute Gasteiger partial charge is 0.0759 e. The van der Waals surface area contributed by atoms with Gasteiger partial charge in [-0.25, -0.2) is 0 Å². The molecule has 0 aliphatic carbocycles. The highest BCUT2D eigenvalue weighted by Crippen LogP contribution is 2.13. The zero-order valence-electron chi connectivity index (χ0n) is 9.17. The molecule has 0 bridgehead atoms. The van der Waals surface area contributed by atoms with Gasteiger partial charge in [0.25, 0.3) is 0 Å². The first-order valence-corrected chi connectivity index (χ1v) is 5.23. The van der Waals surface area contributed by atoms with Crippen molar-refractivity contribution in [3.8, 4) is 0 Å². The maximum atomic E-state index is 4.30. The van der Waals surface area contributed by atoms with E-state index in [9.17, 15) is 0 Å². The average molecular weight is 214 g/mol. The zero-order valence-corrected chi connectivity index (χ0v) is 9.17. The van der Waals surface area contributed by atoms with Crippen molar-refractivity contribution in [1.29, 1.82) is 0 Å². The predicted octanol–water partition coefficient (Wildman–Crippen LogP) is 1.37. The molecule has 1 unspecified atom stereocenters. The van der Waals surface area contributed by atoms with E-state index >= 15 is 0 Å². The molecular weight excluding hydrogens is 200 g/mol. The monoisotopic (exact) mass is 214 g/mol. The lowest BCUT2D eigenvalue weighted by atomic mass is 10.1. The van der Waals surface area contributed by atoms with E-state index in [1.165, 1.54) is 0 Å². The molecule has 2 aromatic heterocycles. The second-order valence-electron chi connectivity index (χ2n) is 3.50. The van der Waals surface area contributed by atoms with Gasteiger partial charge in [0.15, 0.2) is 0 Å². The lowest BCUT2D eigenvalue weighted by Gasteiger charge is -2.14. The van der Waals surface area contributed by atoms with Gasteiger partial charge < -0.3 is 5.32 Å². The van der Waals surface area contributed by atoms with Crippen molar-refractivity contribution < 1.29 is 0 Å². The highest BCUT2D eigenvalue weighted by atomic mass is 14.9. The number of pyridine rings is 1. The molecule has 82 valence electrons. The summed E-state index contributed by atoms with van der Waals surface area (Å²) < 4.78 is 0. The van der Waals surface area contributed by atoms with Gasteiger partial charge in [0.2, 0.25) is 0 Å². The SMILES string of the molecule is CNC(Cc1ccccn1)c1cnccn1. The number of nitrogens with zero attached hydrogens (tertiary/aromatic N) is 3. The van der Waals surface area contributed by atoms with E-state index in [0.29, 0.717) is 0 Å². The van der Waals surface area contributed by atoms with Crippen LogP contribution in [-0.4, -0.2) is 22.0 Å². The van der Waals surface area contributed by atoms with E-state index < -0.39 is 0 Å². The summed E-state index contributed by atoms with van der Waals surface area (Å²) in [6, 6.07) is 6.08. The fourth-order valence-corrected chi connectivity index (χ4v) is 1.57. The molecule has 4 heteroatoms. The number of likely N-dealkylation sites (N-methyl/N-ethyl adjacent to an activating group) is 1. The first kappa shape index (κ1) is 10.7. The number of hydrogen-bond donors (Lipinski definition) is 1. The van der Waals surface area contributed by atoms with Crippen LogP contribution in [0, 0.1) is 0 Å². The molecule has 0 spiro atoms. The Balaban J connectivity index is 2.13. The van der Waals surface area contributed by atoms with E-state index in [-0.39, 0.29) is 6.04 Å². The molecule has 2 heterocycles. The zero-order chi connectivity index (χ0) is 11.2. The molecule has 0 aromatic carbocycles. The molecule has 0 fully saturated rings. The maximum Gasteiger partial charge on any atom is 0.0759 e. The lowest BCUT2D eigenvalue weighted by Crippen LogP contribution is -2.20. The summed E-state index contributed by atoms with van der Waals surface area (Å²) in [4.78, 5) is 12.7. The summed E-state index contributed by atoms with van der Waals surface area (Å²) in [6.07, 6.45) is 7.79. The van der Waals surface area contributed by atoms with Gasteiger partial charge in [-0.15, -0.1) is 0 Å². The van der Waals surface area contributed by atoms with Gasteiger partial charge in [-0.1, -0.05) is 6.07 Å². The average Bonchev–Trinajstić information content (AvgIpc) is 2.38. The summed E-state index contributed by atoms with van der Waals surface area (Å²) >= 11 is 0. The van der Waals surface area contributed by atoms with Gasteiger partial charge in [0, 0.05) is 36.9 Å². The summed E-state index contributed by atoms with van der Waals surface area (Å²) in [5.41, 5.74) is 1.99.